The monoisotopic (exact) mass is 251 g/mol. The first-order valence-electron chi connectivity index (χ1n) is 6.92. The standard InChI is InChI=1S/C13H21N3O2/c1-13(5-2-3-6-14-13)12-15-11(16-18-12)8-10-4-7-17-9-10/h10,14H,2-9H2,1H3. The van der Waals surface area contributed by atoms with Crippen molar-refractivity contribution in [1.82, 2.24) is 15.5 Å². The number of hydrogen-bond donors (Lipinski definition) is 1. The minimum atomic E-state index is -0.129. The van der Waals surface area contributed by atoms with Crippen LogP contribution in [0.25, 0.3) is 0 Å². The Morgan fingerprint density at radius 1 is 1.44 bits per heavy atom. The number of nitrogens with one attached hydrogen (secondary N) is 1. The largest absolute Gasteiger partial charge is 0.381 e. The molecule has 0 saturated carbocycles. The zero-order valence-electron chi connectivity index (χ0n) is 10.9. The molecular weight excluding hydrogens is 230 g/mol. The summed E-state index contributed by atoms with van der Waals surface area (Å²) in [4.78, 5) is 4.57. The molecule has 0 aliphatic carbocycles. The first-order valence-corrected chi connectivity index (χ1v) is 6.92. The Morgan fingerprint density at radius 3 is 3.11 bits per heavy atom. The summed E-state index contributed by atoms with van der Waals surface area (Å²) in [5.41, 5.74) is -0.129. The van der Waals surface area contributed by atoms with Crippen LogP contribution in [0.15, 0.2) is 4.52 Å². The number of rotatable bonds is 3. The van der Waals surface area contributed by atoms with Gasteiger partial charge in [-0.25, -0.2) is 0 Å². The van der Waals surface area contributed by atoms with E-state index in [1.165, 1.54) is 12.8 Å². The quantitative estimate of drug-likeness (QED) is 0.885. The molecule has 5 heteroatoms. The Morgan fingerprint density at radius 2 is 2.39 bits per heavy atom. The van der Waals surface area contributed by atoms with Gasteiger partial charge >= 0.3 is 0 Å². The molecule has 0 aromatic carbocycles. The van der Waals surface area contributed by atoms with Crippen LogP contribution in [0.2, 0.25) is 0 Å². The van der Waals surface area contributed by atoms with Gasteiger partial charge in [-0.2, -0.15) is 4.98 Å². The van der Waals surface area contributed by atoms with E-state index in [2.05, 4.69) is 22.4 Å². The fraction of sp³-hybridized carbons (Fsp3) is 0.846. The summed E-state index contributed by atoms with van der Waals surface area (Å²) in [6.45, 7) is 4.89. The summed E-state index contributed by atoms with van der Waals surface area (Å²) in [6.07, 6.45) is 5.51. The highest BCUT2D eigenvalue weighted by molar-refractivity contribution is 5.03. The number of hydrogen-bond acceptors (Lipinski definition) is 5. The lowest BCUT2D eigenvalue weighted by atomic mass is 9.91. The van der Waals surface area contributed by atoms with Crippen LogP contribution < -0.4 is 5.32 Å². The summed E-state index contributed by atoms with van der Waals surface area (Å²) >= 11 is 0. The van der Waals surface area contributed by atoms with Gasteiger partial charge in [0.15, 0.2) is 5.82 Å². The average molecular weight is 251 g/mol. The molecule has 0 amide bonds. The fourth-order valence-corrected chi connectivity index (χ4v) is 2.80. The Kier molecular flexibility index (Phi) is 3.35. The molecule has 2 atom stereocenters. The van der Waals surface area contributed by atoms with Crippen LogP contribution in [0.3, 0.4) is 0 Å². The summed E-state index contributed by atoms with van der Waals surface area (Å²) < 4.78 is 10.8. The Bertz CT molecular complexity index is 393. The van der Waals surface area contributed by atoms with E-state index < -0.39 is 0 Å². The lowest BCUT2D eigenvalue weighted by Crippen LogP contribution is -2.43. The molecule has 18 heavy (non-hydrogen) atoms. The molecule has 2 fully saturated rings. The molecule has 1 N–H and O–H groups in total. The van der Waals surface area contributed by atoms with Crippen LogP contribution in [0.5, 0.6) is 0 Å². The van der Waals surface area contributed by atoms with E-state index in [1.807, 2.05) is 0 Å². The number of aromatic nitrogens is 2. The van der Waals surface area contributed by atoms with Gasteiger partial charge in [0, 0.05) is 19.6 Å². The van der Waals surface area contributed by atoms with Crippen molar-refractivity contribution in [1.29, 1.82) is 0 Å². The molecule has 3 heterocycles. The number of piperidine rings is 1. The van der Waals surface area contributed by atoms with Crippen molar-refractivity contribution in [3.8, 4) is 0 Å². The molecule has 3 rings (SSSR count). The summed E-state index contributed by atoms with van der Waals surface area (Å²) in [6, 6.07) is 0. The van der Waals surface area contributed by atoms with Gasteiger partial charge in [-0.1, -0.05) is 5.16 Å². The van der Waals surface area contributed by atoms with E-state index in [-0.39, 0.29) is 5.54 Å². The molecule has 0 radical (unpaired) electrons. The minimum absolute atomic E-state index is 0.129. The molecule has 0 spiro atoms. The predicted molar refractivity (Wildman–Crippen MR) is 66.1 cm³/mol. The minimum Gasteiger partial charge on any atom is -0.381 e. The van der Waals surface area contributed by atoms with Gasteiger partial charge < -0.3 is 14.6 Å². The van der Waals surface area contributed by atoms with Crippen molar-refractivity contribution < 1.29 is 9.26 Å². The van der Waals surface area contributed by atoms with E-state index in [9.17, 15) is 0 Å². The van der Waals surface area contributed by atoms with Gasteiger partial charge in [0.05, 0.1) is 5.54 Å². The number of nitrogens with zero attached hydrogens (tertiary/aromatic N) is 2. The molecule has 5 nitrogen and oxygen atoms in total. The molecule has 0 bridgehead atoms. The van der Waals surface area contributed by atoms with Crippen molar-refractivity contribution in [2.45, 2.75) is 44.6 Å². The third-order valence-electron chi connectivity index (χ3n) is 4.05. The van der Waals surface area contributed by atoms with E-state index >= 15 is 0 Å². The van der Waals surface area contributed by atoms with E-state index in [1.54, 1.807) is 0 Å². The first kappa shape index (κ1) is 12.1. The normalized spacial score (nSPS) is 32.8. The van der Waals surface area contributed by atoms with Crippen LogP contribution in [0, 0.1) is 5.92 Å². The van der Waals surface area contributed by atoms with Crippen LogP contribution in [0.1, 0.15) is 44.3 Å². The topological polar surface area (TPSA) is 60.2 Å². The van der Waals surface area contributed by atoms with Gasteiger partial charge in [-0.15, -0.1) is 0 Å². The van der Waals surface area contributed by atoms with Crippen molar-refractivity contribution in [3.05, 3.63) is 11.7 Å². The van der Waals surface area contributed by atoms with Gasteiger partial charge in [0.2, 0.25) is 5.89 Å². The van der Waals surface area contributed by atoms with Crippen LogP contribution in [0.4, 0.5) is 0 Å². The molecule has 1 aromatic rings. The molecule has 1 aromatic heterocycles. The third kappa shape index (κ3) is 2.42. The van der Waals surface area contributed by atoms with Gasteiger partial charge in [0.1, 0.15) is 0 Å². The van der Waals surface area contributed by atoms with E-state index in [0.29, 0.717) is 5.92 Å². The molecule has 2 saturated heterocycles. The van der Waals surface area contributed by atoms with Gasteiger partial charge in [0.25, 0.3) is 0 Å². The SMILES string of the molecule is CC1(c2nc(CC3CCOC3)no2)CCCCN1. The highest BCUT2D eigenvalue weighted by Crippen LogP contribution is 2.29. The molecule has 2 unspecified atom stereocenters. The van der Waals surface area contributed by atoms with Crippen molar-refractivity contribution in [2.75, 3.05) is 19.8 Å². The van der Waals surface area contributed by atoms with Crippen LogP contribution in [-0.4, -0.2) is 29.9 Å². The third-order valence-corrected chi connectivity index (χ3v) is 4.05. The number of ether oxygens (including phenoxy) is 1. The van der Waals surface area contributed by atoms with Crippen LogP contribution >= 0.6 is 0 Å². The first-order chi connectivity index (χ1) is 8.76. The second kappa shape index (κ2) is 4.97. The zero-order chi connectivity index (χ0) is 12.4. The maximum Gasteiger partial charge on any atom is 0.246 e. The van der Waals surface area contributed by atoms with Crippen molar-refractivity contribution in [3.63, 3.8) is 0 Å². The van der Waals surface area contributed by atoms with E-state index in [4.69, 9.17) is 9.26 Å². The zero-order valence-corrected chi connectivity index (χ0v) is 10.9. The maximum absolute atomic E-state index is 5.45. The summed E-state index contributed by atoms with van der Waals surface area (Å²) in [5.74, 6) is 2.13. The van der Waals surface area contributed by atoms with Crippen molar-refractivity contribution in [2.24, 2.45) is 5.92 Å². The Hall–Kier alpha value is -0.940. The molecule has 100 valence electrons. The second-order valence-electron chi connectivity index (χ2n) is 5.67. The molecule has 2 aliphatic rings. The average Bonchev–Trinajstić information content (AvgIpc) is 3.02. The van der Waals surface area contributed by atoms with E-state index in [0.717, 1.165) is 50.7 Å². The second-order valence-corrected chi connectivity index (χ2v) is 5.67. The Balaban J connectivity index is 1.68. The molecule has 2 aliphatic heterocycles. The van der Waals surface area contributed by atoms with Crippen LogP contribution in [-0.2, 0) is 16.7 Å². The van der Waals surface area contributed by atoms with Crippen molar-refractivity contribution >= 4 is 0 Å². The highest BCUT2D eigenvalue weighted by Gasteiger charge is 2.34. The highest BCUT2D eigenvalue weighted by atomic mass is 16.5. The fourth-order valence-electron chi connectivity index (χ4n) is 2.80. The summed E-state index contributed by atoms with van der Waals surface area (Å²) in [5, 5.41) is 7.62. The lowest BCUT2D eigenvalue weighted by molar-refractivity contribution is 0.185. The van der Waals surface area contributed by atoms with Gasteiger partial charge in [-0.05, 0) is 45.1 Å². The smallest absolute Gasteiger partial charge is 0.246 e. The maximum atomic E-state index is 5.45. The summed E-state index contributed by atoms with van der Waals surface area (Å²) in [7, 11) is 0. The van der Waals surface area contributed by atoms with Gasteiger partial charge in [-0.3, -0.25) is 0 Å². The molecular formula is C13H21N3O2. The predicted octanol–water partition coefficient (Wildman–Crippen LogP) is 1.64. The Labute approximate surface area is 107 Å². The lowest BCUT2D eigenvalue weighted by Gasteiger charge is -2.31.